The van der Waals surface area contributed by atoms with Crippen LogP contribution in [-0.4, -0.2) is 54.6 Å². The minimum Gasteiger partial charge on any atom is -0.497 e. The second-order valence-electron chi connectivity index (χ2n) is 7.63. The molecule has 0 amide bonds. The van der Waals surface area contributed by atoms with E-state index >= 15 is 0 Å². The molecule has 1 aromatic heterocycles. The predicted molar refractivity (Wildman–Crippen MR) is 135 cm³/mol. The maximum atomic E-state index is 12.1. The number of anilines is 1. The van der Waals surface area contributed by atoms with Gasteiger partial charge in [0.25, 0.3) is 0 Å². The minimum absolute atomic E-state index is 0.0349. The zero-order chi connectivity index (χ0) is 27.5. The van der Waals surface area contributed by atoms with Crippen molar-refractivity contribution >= 4 is 14.4 Å². The lowest BCUT2D eigenvalue weighted by Crippen LogP contribution is -2.28. The molecule has 2 heterocycles. The Morgan fingerprint density at radius 2 is 1.50 bits per heavy atom. The maximum absolute atomic E-state index is 12.1. The van der Waals surface area contributed by atoms with Crippen LogP contribution in [0.2, 0.25) is 0 Å². The summed E-state index contributed by atoms with van der Waals surface area (Å²) in [6, 6.07) is 15.4. The normalized spacial score (nSPS) is 18.4. The molecule has 0 radical (unpaired) electrons. The highest BCUT2D eigenvalue weighted by atomic mass is 31.2. The van der Waals surface area contributed by atoms with Crippen molar-refractivity contribution in [2.75, 3.05) is 33.5 Å². The first-order chi connectivity index (χ1) is 18.4. The van der Waals surface area contributed by atoms with Crippen LogP contribution in [0.25, 0.3) is 0 Å². The number of hydrogen-bond donors (Lipinski definition) is 2. The second kappa shape index (κ2) is 14.4. The highest BCUT2D eigenvalue weighted by Gasteiger charge is 2.37. The number of nitrogens with zero attached hydrogens (tertiary/aromatic N) is 2. The molecule has 3 N–H and O–H groups in total. The molecule has 1 aliphatic heterocycles. The molecule has 0 spiro atoms. The van der Waals surface area contributed by atoms with Crippen LogP contribution in [0.5, 0.6) is 23.0 Å². The van der Waals surface area contributed by atoms with Crippen LogP contribution in [0.3, 0.4) is 0 Å². The van der Waals surface area contributed by atoms with Crippen molar-refractivity contribution in [3.05, 3.63) is 71.3 Å². The zero-order valence-electron chi connectivity index (χ0n) is 20.6. The lowest BCUT2D eigenvalue weighted by molar-refractivity contribution is -0.0419. The molecule has 11 nitrogen and oxygen atoms in total. The number of halogens is 2. The largest absolute Gasteiger partial charge is 0.497 e. The molecule has 1 aliphatic rings. The molecule has 206 valence electrons. The molecule has 0 saturated carbocycles. The smallest absolute Gasteiger partial charge is 0.463 e. The molecule has 1 fully saturated rings. The summed E-state index contributed by atoms with van der Waals surface area (Å²) in [5.41, 5.74) is 4.99. The molecular weight excluding hydrogens is 527 g/mol. The SMILES string of the molecule is COc1ccc(OP(OCC2OC(n3ccc(N)nc3=O)CC2O)Oc2ccc(OC)cc2)cc1.FCF. The average Bonchev–Trinajstić information content (AvgIpc) is 3.28. The molecule has 0 aliphatic carbocycles. The van der Waals surface area contributed by atoms with Crippen LogP contribution in [0.15, 0.2) is 65.6 Å². The number of nitrogens with two attached hydrogens (primary N) is 1. The standard InChI is InChI=1S/C23H26N3O8P.CH2F2/c1-29-15-3-7-17(8-4-15)33-35(34-18-9-5-16(30-2)6-10-18)31-14-20-19(27)13-22(32-20)26-12-11-21(24)25-23(26)28;2-1-3/h3-12,19-20,22,27H,13-14H2,1-2H3,(H2,24,25,28);1H2. The first-order valence-corrected chi connectivity index (χ1v) is 12.3. The van der Waals surface area contributed by atoms with Crippen molar-refractivity contribution in [3.8, 4) is 23.0 Å². The van der Waals surface area contributed by atoms with Crippen molar-refractivity contribution in [2.24, 2.45) is 0 Å². The Kier molecular flexibility index (Phi) is 11.0. The molecular formula is C24H28F2N3O8P. The fraction of sp³-hybridized carbons (Fsp3) is 0.333. The van der Waals surface area contributed by atoms with Gasteiger partial charge >= 0.3 is 14.3 Å². The van der Waals surface area contributed by atoms with Crippen molar-refractivity contribution in [2.45, 2.75) is 24.9 Å². The average molecular weight is 555 g/mol. The van der Waals surface area contributed by atoms with Crippen LogP contribution in [-0.2, 0) is 9.26 Å². The molecule has 4 rings (SSSR count). The Morgan fingerprint density at radius 1 is 1.00 bits per heavy atom. The van der Waals surface area contributed by atoms with E-state index in [1.807, 2.05) is 0 Å². The summed E-state index contributed by atoms with van der Waals surface area (Å²) in [7, 11) is 1.23. The quantitative estimate of drug-likeness (QED) is 0.356. The van der Waals surface area contributed by atoms with Gasteiger partial charge in [0, 0.05) is 12.6 Å². The molecule has 2 aromatic carbocycles. The first kappa shape index (κ1) is 29.1. The molecule has 38 heavy (non-hydrogen) atoms. The van der Waals surface area contributed by atoms with Gasteiger partial charge in [-0.15, -0.1) is 0 Å². The predicted octanol–water partition coefficient (Wildman–Crippen LogP) is 3.78. The van der Waals surface area contributed by atoms with Crippen LogP contribution in [0.4, 0.5) is 14.6 Å². The summed E-state index contributed by atoms with van der Waals surface area (Å²) in [4.78, 5) is 15.8. The van der Waals surface area contributed by atoms with Crippen molar-refractivity contribution in [3.63, 3.8) is 0 Å². The van der Waals surface area contributed by atoms with Crippen molar-refractivity contribution in [1.29, 1.82) is 0 Å². The van der Waals surface area contributed by atoms with E-state index in [2.05, 4.69) is 4.98 Å². The van der Waals surface area contributed by atoms with Gasteiger partial charge in [0.05, 0.1) is 26.9 Å². The number of aromatic nitrogens is 2. The Bertz CT molecular complexity index is 1140. The molecule has 0 bridgehead atoms. The van der Waals surface area contributed by atoms with Gasteiger partial charge in [0.15, 0.2) is 0 Å². The van der Waals surface area contributed by atoms with Gasteiger partial charge < -0.3 is 34.1 Å². The van der Waals surface area contributed by atoms with Crippen LogP contribution < -0.4 is 29.9 Å². The summed E-state index contributed by atoms with van der Waals surface area (Å²) < 4.78 is 54.5. The monoisotopic (exact) mass is 555 g/mol. The van der Waals surface area contributed by atoms with Gasteiger partial charge in [-0.2, -0.15) is 4.98 Å². The Morgan fingerprint density at radius 3 is 1.97 bits per heavy atom. The van der Waals surface area contributed by atoms with E-state index in [1.165, 1.54) is 16.8 Å². The maximum Gasteiger partial charge on any atom is 0.463 e. The molecule has 3 atom stereocenters. The lowest BCUT2D eigenvalue weighted by atomic mass is 10.2. The topological polar surface area (TPSA) is 137 Å². The Balaban J connectivity index is 0.00000127. The summed E-state index contributed by atoms with van der Waals surface area (Å²) in [5, 5.41) is 10.5. The summed E-state index contributed by atoms with van der Waals surface area (Å²) in [5.74, 6) is 2.49. The third-order valence-electron chi connectivity index (χ3n) is 5.19. The van der Waals surface area contributed by atoms with Gasteiger partial charge in [-0.25, -0.2) is 13.6 Å². The van der Waals surface area contributed by atoms with E-state index in [-0.39, 0.29) is 18.8 Å². The Labute approximate surface area is 218 Å². The summed E-state index contributed by atoms with van der Waals surface area (Å²) >= 11 is 0. The number of aliphatic hydroxyl groups excluding tert-OH is 1. The highest BCUT2D eigenvalue weighted by Crippen LogP contribution is 2.43. The summed E-state index contributed by atoms with van der Waals surface area (Å²) in [6.07, 6.45) is -0.611. The van der Waals surface area contributed by atoms with Gasteiger partial charge in [-0.05, 0) is 54.6 Å². The fourth-order valence-corrected chi connectivity index (χ4v) is 4.33. The van der Waals surface area contributed by atoms with Crippen molar-refractivity contribution in [1.82, 2.24) is 9.55 Å². The molecule has 3 unspecified atom stereocenters. The van der Waals surface area contributed by atoms with Crippen LogP contribution in [0.1, 0.15) is 12.6 Å². The molecule has 14 heteroatoms. The van der Waals surface area contributed by atoms with E-state index in [1.54, 1.807) is 62.8 Å². The third kappa shape index (κ3) is 8.25. The second-order valence-corrected chi connectivity index (χ2v) is 8.70. The van der Waals surface area contributed by atoms with E-state index in [0.29, 0.717) is 23.0 Å². The van der Waals surface area contributed by atoms with Gasteiger partial charge in [0.1, 0.15) is 41.1 Å². The molecule has 3 aromatic rings. The minimum atomic E-state index is -1.93. The molecule has 1 saturated heterocycles. The number of nitrogen functional groups attached to an aromatic ring is 1. The zero-order valence-corrected chi connectivity index (χ0v) is 21.5. The summed E-state index contributed by atoms with van der Waals surface area (Å²) in [6.45, 7) is -1.78. The van der Waals surface area contributed by atoms with Gasteiger partial charge in [-0.1, -0.05) is 0 Å². The lowest BCUT2D eigenvalue weighted by Gasteiger charge is -2.21. The number of ether oxygens (including phenoxy) is 3. The van der Waals surface area contributed by atoms with Crippen LogP contribution in [0, 0.1) is 0 Å². The van der Waals surface area contributed by atoms with E-state index < -0.39 is 39.7 Å². The number of hydrogen-bond acceptors (Lipinski definition) is 10. The highest BCUT2D eigenvalue weighted by molar-refractivity contribution is 7.42. The number of aliphatic hydroxyl groups is 1. The Hall–Kier alpha value is -3.51. The van der Waals surface area contributed by atoms with Gasteiger partial charge in [-0.3, -0.25) is 9.09 Å². The van der Waals surface area contributed by atoms with Gasteiger partial charge in [0.2, 0.25) is 6.93 Å². The number of rotatable bonds is 10. The van der Waals surface area contributed by atoms with E-state index in [0.717, 1.165) is 0 Å². The third-order valence-corrected chi connectivity index (χ3v) is 6.27. The number of alkyl halides is 2. The first-order valence-electron chi connectivity index (χ1n) is 11.2. The van der Waals surface area contributed by atoms with Crippen LogP contribution >= 0.6 is 8.60 Å². The number of benzene rings is 2. The van der Waals surface area contributed by atoms with E-state index in [4.69, 9.17) is 33.5 Å². The van der Waals surface area contributed by atoms with E-state index in [9.17, 15) is 18.7 Å². The fourth-order valence-electron chi connectivity index (χ4n) is 3.33. The number of methoxy groups -OCH3 is 2. The van der Waals surface area contributed by atoms with Crippen molar-refractivity contribution < 1.29 is 41.7 Å².